The van der Waals surface area contributed by atoms with Crippen LogP contribution in [-0.4, -0.2) is 21.2 Å². The third-order valence-electron chi connectivity index (χ3n) is 3.49. The van der Waals surface area contributed by atoms with E-state index in [1.165, 1.54) is 29.5 Å². The maximum atomic E-state index is 14.0. The van der Waals surface area contributed by atoms with Crippen LogP contribution in [0.5, 0.6) is 5.75 Å². The van der Waals surface area contributed by atoms with Crippen molar-refractivity contribution in [2.75, 3.05) is 10.6 Å². The van der Waals surface area contributed by atoms with Crippen molar-refractivity contribution in [3.8, 4) is 5.75 Å². The Hall–Kier alpha value is -3.07. The Kier molecular flexibility index (Phi) is 5.92. The van der Waals surface area contributed by atoms with Crippen LogP contribution >= 0.6 is 11.3 Å². The number of ether oxygens (including phenoxy) is 1. The lowest BCUT2D eigenvalue weighted by atomic mass is 10.2. The molecule has 0 aliphatic rings. The maximum absolute atomic E-state index is 14.0. The molecule has 1 aromatic carbocycles. The van der Waals surface area contributed by atoms with Crippen LogP contribution < -0.4 is 15.4 Å². The standard InChI is InChI=1S/C18H18FN5O2S/c1-11(2)16-23-24-18(27-16)22-17(25)21-13-5-6-15(19)12(8-13)10-26-14-4-3-7-20-9-14/h3-9,11H,10H2,1-2H3,(H2,21,22,24,25). The summed E-state index contributed by atoms with van der Waals surface area (Å²) < 4.78 is 19.5. The topological polar surface area (TPSA) is 89.0 Å². The van der Waals surface area contributed by atoms with Crippen molar-refractivity contribution >= 4 is 28.2 Å². The second-order valence-corrected chi connectivity index (χ2v) is 6.97. The number of hydrogen-bond acceptors (Lipinski definition) is 6. The van der Waals surface area contributed by atoms with E-state index in [9.17, 15) is 9.18 Å². The average Bonchev–Trinajstić information content (AvgIpc) is 3.11. The number of nitrogens with zero attached hydrogens (tertiary/aromatic N) is 3. The van der Waals surface area contributed by atoms with E-state index in [0.717, 1.165) is 5.01 Å². The zero-order valence-corrected chi connectivity index (χ0v) is 15.6. The summed E-state index contributed by atoms with van der Waals surface area (Å²) in [4.78, 5) is 16.1. The highest BCUT2D eigenvalue weighted by Gasteiger charge is 2.12. The molecular weight excluding hydrogens is 369 g/mol. The van der Waals surface area contributed by atoms with E-state index in [0.29, 0.717) is 22.1 Å². The first-order valence-corrected chi connectivity index (χ1v) is 9.05. The van der Waals surface area contributed by atoms with Crippen LogP contribution in [0.1, 0.15) is 30.3 Å². The van der Waals surface area contributed by atoms with Gasteiger partial charge in [-0.1, -0.05) is 25.2 Å². The second kappa shape index (κ2) is 8.54. The number of pyridine rings is 1. The van der Waals surface area contributed by atoms with Gasteiger partial charge in [-0.05, 0) is 30.3 Å². The van der Waals surface area contributed by atoms with E-state index in [2.05, 4.69) is 25.8 Å². The number of amides is 2. The molecule has 0 saturated carbocycles. The number of hydrogen-bond donors (Lipinski definition) is 2. The minimum absolute atomic E-state index is 0.0167. The number of nitrogens with one attached hydrogen (secondary N) is 2. The SMILES string of the molecule is CC(C)c1nnc(NC(=O)Nc2ccc(F)c(COc3cccnc3)c2)s1. The van der Waals surface area contributed by atoms with Gasteiger partial charge in [0.15, 0.2) is 0 Å². The van der Waals surface area contributed by atoms with Gasteiger partial charge in [-0.2, -0.15) is 0 Å². The number of aromatic nitrogens is 3. The summed E-state index contributed by atoms with van der Waals surface area (Å²) in [7, 11) is 0. The number of halogens is 1. The molecular formula is C18H18FN5O2S. The van der Waals surface area contributed by atoms with E-state index in [4.69, 9.17) is 4.74 Å². The highest BCUT2D eigenvalue weighted by molar-refractivity contribution is 7.15. The highest BCUT2D eigenvalue weighted by atomic mass is 32.1. The molecule has 9 heteroatoms. The first-order valence-electron chi connectivity index (χ1n) is 8.24. The molecule has 0 fully saturated rings. The fourth-order valence-electron chi connectivity index (χ4n) is 2.13. The lowest BCUT2D eigenvalue weighted by molar-refractivity contribution is 0.262. The fraction of sp³-hybridized carbons (Fsp3) is 0.222. The molecule has 3 aromatic rings. The van der Waals surface area contributed by atoms with Gasteiger partial charge in [-0.25, -0.2) is 9.18 Å². The molecule has 0 bridgehead atoms. The average molecular weight is 387 g/mol. The van der Waals surface area contributed by atoms with E-state index in [1.54, 1.807) is 24.5 Å². The van der Waals surface area contributed by atoms with E-state index < -0.39 is 11.8 Å². The summed E-state index contributed by atoms with van der Waals surface area (Å²) in [6.45, 7) is 4.01. The first-order chi connectivity index (χ1) is 13.0. The molecule has 7 nitrogen and oxygen atoms in total. The molecule has 2 heterocycles. The van der Waals surface area contributed by atoms with Crippen LogP contribution in [0.25, 0.3) is 0 Å². The molecule has 0 spiro atoms. The molecule has 0 unspecified atom stereocenters. The third kappa shape index (κ3) is 5.20. The summed E-state index contributed by atoms with van der Waals surface area (Å²) in [6.07, 6.45) is 3.17. The number of carbonyl (C=O) groups is 1. The minimum atomic E-state index is -0.479. The molecule has 3 rings (SSSR count). The number of rotatable bonds is 6. The van der Waals surface area contributed by atoms with Gasteiger partial charge in [0.2, 0.25) is 5.13 Å². The zero-order chi connectivity index (χ0) is 19.2. The summed E-state index contributed by atoms with van der Waals surface area (Å²) in [5, 5.41) is 14.4. The summed E-state index contributed by atoms with van der Waals surface area (Å²) in [5.41, 5.74) is 0.752. The van der Waals surface area contributed by atoms with Gasteiger partial charge in [0.25, 0.3) is 0 Å². The number of carbonyl (C=O) groups excluding carboxylic acids is 1. The lowest BCUT2D eigenvalue weighted by Gasteiger charge is -2.10. The smallest absolute Gasteiger partial charge is 0.325 e. The molecule has 0 radical (unpaired) electrons. The van der Waals surface area contributed by atoms with Gasteiger partial charge >= 0.3 is 6.03 Å². The van der Waals surface area contributed by atoms with Gasteiger partial charge < -0.3 is 10.1 Å². The predicted molar refractivity (Wildman–Crippen MR) is 102 cm³/mol. The Morgan fingerprint density at radius 3 is 2.81 bits per heavy atom. The van der Waals surface area contributed by atoms with Crippen molar-refractivity contribution in [3.63, 3.8) is 0 Å². The Bertz CT molecular complexity index is 917. The molecule has 2 amide bonds. The van der Waals surface area contributed by atoms with Crippen LogP contribution in [-0.2, 0) is 6.61 Å². The number of anilines is 2. The number of benzene rings is 1. The molecule has 0 saturated heterocycles. The molecule has 0 atom stereocenters. The molecule has 2 N–H and O–H groups in total. The summed E-state index contributed by atoms with van der Waals surface area (Å²) in [5.74, 6) is 0.348. The van der Waals surface area contributed by atoms with Crippen molar-refractivity contribution in [1.29, 1.82) is 0 Å². The van der Waals surface area contributed by atoms with E-state index in [1.807, 2.05) is 13.8 Å². The Morgan fingerprint density at radius 1 is 1.26 bits per heavy atom. The molecule has 0 aliphatic heterocycles. The van der Waals surface area contributed by atoms with E-state index >= 15 is 0 Å². The third-order valence-corrected chi connectivity index (χ3v) is 4.63. The Balaban J connectivity index is 1.61. The quantitative estimate of drug-likeness (QED) is 0.654. The van der Waals surface area contributed by atoms with Gasteiger partial charge in [0, 0.05) is 23.4 Å². The van der Waals surface area contributed by atoms with Crippen molar-refractivity contribution in [3.05, 3.63) is 59.1 Å². The highest BCUT2D eigenvalue weighted by Crippen LogP contribution is 2.23. The zero-order valence-electron chi connectivity index (χ0n) is 14.8. The molecule has 2 aromatic heterocycles. The predicted octanol–water partition coefficient (Wildman–Crippen LogP) is 4.42. The normalized spacial score (nSPS) is 10.7. The van der Waals surface area contributed by atoms with Gasteiger partial charge in [-0.3, -0.25) is 10.3 Å². The van der Waals surface area contributed by atoms with Crippen molar-refractivity contribution in [2.45, 2.75) is 26.4 Å². The van der Waals surface area contributed by atoms with Crippen LogP contribution in [0.2, 0.25) is 0 Å². The lowest BCUT2D eigenvalue weighted by Crippen LogP contribution is -2.19. The van der Waals surface area contributed by atoms with Crippen LogP contribution in [0, 0.1) is 5.82 Å². The second-order valence-electron chi connectivity index (χ2n) is 5.96. The Morgan fingerprint density at radius 2 is 2.11 bits per heavy atom. The van der Waals surface area contributed by atoms with Gasteiger partial charge in [-0.15, -0.1) is 10.2 Å². The Labute approximate surface area is 159 Å². The fourth-order valence-corrected chi connectivity index (χ4v) is 2.88. The summed E-state index contributed by atoms with van der Waals surface area (Å²) in [6, 6.07) is 7.25. The van der Waals surface area contributed by atoms with E-state index in [-0.39, 0.29) is 12.5 Å². The molecule has 140 valence electrons. The first kappa shape index (κ1) is 18.7. The monoisotopic (exact) mass is 387 g/mol. The molecule has 27 heavy (non-hydrogen) atoms. The van der Waals surface area contributed by atoms with Crippen LogP contribution in [0.3, 0.4) is 0 Å². The van der Waals surface area contributed by atoms with Gasteiger partial charge in [0.05, 0.1) is 6.20 Å². The van der Waals surface area contributed by atoms with Crippen molar-refractivity contribution < 1.29 is 13.9 Å². The van der Waals surface area contributed by atoms with Crippen molar-refractivity contribution in [1.82, 2.24) is 15.2 Å². The minimum Gasteiger partial charge on any atom is -0.487 e. The van der Waals surface area contributed by atoms with Gasteiger partial charge in [0.1, 0.15) is 23.2 Å². The van der Waals surface area contributed by atoms with Crippen molar-refractivity contribution in [2.24, 2.45) is 0 Å². The van der Waals surface area contributed by atoms with Crippen LogP contribution in [0.4, 0.5) is 20.0 Å². The number of urea groups is 1. The molecule has 0 aliphatic carbocycles. The maximum Gasteiger partial charge on any atom is 0.325 e. The largest absolute Gasteiger partial charge is 0.487 e. The summed E-state index contributed by atoms with van der Waals surface area (Å²) >= 11 is 1.31. The van der Waals surface area contributed by atoms with Crippen LogP contribution in [0.15, 0.2) is 42.7 Å².